The standard InChI is InChI=1S/C19H30O2/c1-18-9-7-15-14-6-4-13(20)11-12(14)3-5-16(15)17(18)8-10-19(18,2)21/h3,13-17,20-21H,4-11H2,1-2H3. The number of hydrogen-bond donors (Lipinski definition) is 2. The molecule has 2 N–H and O–H groups in total. The van der Waals surface area contributed by atoms with E-state index in [2.05, 4.69) is 19.9 Å². The minimum absolute atomic E-state index is 0.0925. The molecule has 0 aliphatic heterocycles. The van der Waals surface area contributed by atoms with E-state index in [1.807, 2.05) is 0 Å². The highest BCUT2D eigenvalue weighted by Gasteiger charge is 2.60. The van der Waals surface area contributed by atoms with Crippen LogP contribution in [0.25, 0.3) is 0 Å². The molecule has 0 saturated heterocycles. The Kier molecular flexibility index (Phi) is 3.11. The molecule has 0 bridgehead atoms. The molecule has 7 atom stereocenters. The lowest BCUT2D eigenvalue weighted by Crippen LogP contribution is -2.51. The van der Waals surface area contributed by atoms with Crippen molar-refractivity contribution in [2.45, 2.75) is 76.9 Å². The molecular weight excluding hydrogens is 260 g/mol. The largest absolute Gasteiger partial charge is 0.393 e. The summed E-state index contributed by atoms with van der Waals surface area (Å²) in [6, 6.07) is 0. The number of allylic oxidation sites excluding steroid dienone is 1. The van der Waals surface area contributed by atoms with E-state index in [0.717, 1.165) is 37.0 Å². The van der Waals surface area contributed by atoms with Crippen LogP contribution in [0.15, 0.2) is 11.6 Å². The maximum absolute atomic E-state index is 10.9. The lowest BCUT2D eigenvalue weighted by Gasteiger charge is -2.54. The van der Waals surface area contributed by atoms with E-state index in [1.165, 1.54) is 32.1 Å². The van der Waals surface area contributed by atoms with Gasteiger partial charge < -0.3 is 10.2 Å². The van der Waals surface area contributed by atoms with E-state index in [-0.39, 0.29) is 11.5 Å². The van der Waals surface area contributed by atoms with Crippen molar-refractivity contribution in [2.75, 3.05) is 0 Å². The van der Waals surface area contributed by atoms with Crippen LogP contribution in [0.2, 0.25) is 0 Å². The van der Waals surface area contributed by atoms with Gasteiger partial charge in [0.25, 0.3) is 0 Å². The average Bonchev–Trinajstić information content (AvgIpc) is 2.69. The summed E-state index contributed by atoms with van der Waals surface area (Å²) in [5.74, 6) is 3.05. The van der Waals surface area contributed by atoms with Gasteiger partial charge in [0.1, 0.15) is 0 Å². The fourth-order valence-corrected chi connectivity index (χ4v) is 6.49. The molecular formula is C19H30O2. The Hall–Kier alpha value is -0.340. The van der Waals surface area contributed by atoms with Gasteiger partial charge in [-0.1, -0.05) is 18.6 Å². The van der Waals surface area contributed by atoms with Crippen molar-refractivity contribution in [3.8, 4) is 0 Å². The zero-order valence-electron chi connectivity index (χ0n) is 13.5. The maximum atomic E-state index is 10.9. The van der Waals surface area contributed by atoms with Crippen LogP contribution in [0.1, 0.15) is 65.2 Å². The normalized spacial score (nSPS) is 56.2. The van der Waals surface area contributed by atoms with Gasteiger partial charge in [0, 0.05) is 0 Å². The summed E-state index contributed by atoms with van der Waals surface area (Å²) in [6.07, 6.45) is 11.3. The highest BCUT2D eigenvalue weighted by molar-refractivity contribution is 5.21. The molecule has 4 aliphatic rings. The van der Waals surface area contributed by atoms with E-state index in [4.69, 9.17) is 0 Å². The average molecular weight is 290 g/mol. The van der Waals surface area contributed by atoms with Crippen molar-refractivity contribution in [3.63, 3.8) is 0 Å². The number of fused-ring (bicyclic) bond motifs is 5. The van der Waals surface area contributed by atoms with E-state index in [1.54, 1.807) is 5.57 Å². The lowest BCUT2D eigenvalue weighted by atomic mass is 9.51. The first-order valence-electron chi connectivity index (χ1n) is 9.02. The van der Waals surface area contributed by atoms with Gasteiger partial charge in [-0.2, -0.15) is 0 Å². The van der Waals surface area contributed by atoms with Crippen LogP contribution in [0.5, 0.6) is 0 Å². The van der Waals surface area contributed by atoms with Crippen LogP contribution in [0.4, 0.5) is 0 Å². The third-order valence-electron chi connectivity index (χ3n) is 7.98. The van der Waals surface area contributed by atoms with Gasteiger partial charge in [-0.15, -0.1) is 0 Å². The van der Waals surface area contributed by atoms with Crippen LogP contribution < -0.4 is 0 Å². The van der Waals surface area contributed by atoms with Crippen molar-refractivity contribution in [1.82, 2.24) is 0 Å². The molecule has 0 amide bonds. The molecule has 3 fully saturated rings. The second-order valence-electron chi connectivity index (χ2n) is 8.76. The van der Waals surface area contributed by atoms with Crippen molar-refractivity contribution in [2.24, 2.45) is 29.1 Å². The van der Waals surface area contributed by atoms with Crippen molar-refractivity contribution in [1.29, 1.82) is 0 Å². The molecule has 2 nitrogen and oxygen atoms in total. The first-order chi connectivity index (χ1) is 9.92. The molecule has 0 aromatic carbocycles. The lowest BCUT2D eigenvalue weighted by molar-refractivity contribution is -0.104. The Morgan fingerprint density at radius 2 is 1.86 bits per heavy atom. The molecule has 21 heavy (non-hydrogen) atoms. The smallest absolute Gasteiger partial charge is 0.0675 e. The fraction of sp³-hybridized carbons (Fsp3) is 0.895. The van der Waals surface area contributed by atoms with Gasteiger partial charge >= 0.3 is 0 Å². The van der Waals surface area contributed by atoms with E-state index < -0.39 is 5.60 Å². The van der Waals surface area contributed by atoms with Gasteiger partial charge in [0.05, 0.1) is 11.7 Å². The molecule has 0 aromatic rings. The third-order valence-corrected chi connectivity index (χ3v) is 7.98. The summed E-state index contributed by atoms with van der Waals surface area (Å²) in [6.45, 7) is 4.43. The summed E-state index contributed by atoms with van der Waals surface area (Å²) < 4.78 is 0. The zero-order valence-corrected chi connectivity index (χ0v) is 13.5. The molecule has 4 aliphatic carbocycles. The first-order valence-corrected chi connectivity index (χ1v) is 9.02. The van der Waals surface area contributed by atoms with Crippen LogP contribution in [0.3, 0.4) is 0 Å². The molecule has 0 spiro atoms. The molecule has 7 unspecified atom stereocenters. The Morgan fingerprint density at radius 3 is 2.67 bits per heavy atom. The van der Waals surface area contributed by atoms with Crippen LogP contribution >= 0.6 is 0 Å². The third kappa shape index (κ3) is 1.91. The maximum Gasteiger partial charge on any atom is 0.0675 e. The Morgan fingerprint density at radius 1 is 1.05 bits per heavy atom. The summed E-state index contributed by atoms with van der Waals surface area (Å²) in [4.78, 5) is 0. The highest BCUT2D eigenvalue weighted by Crippen LogP contribution is 2.64. The van der Waals surface area contributed by atoms with Gasteiger partial charge in [-0.25, -0.2) is 0 Å². The van der Waals surface area contributed by atoms with Gasteiger partial charge in [0.2, 0.25) is 0 Å². The second-order valence-corrected chi connectivity index (χ2v) is 8.76. The topological polar surface area (TPSA) is 40.5 Å². The van der Waals surface area contributed by atoms with Crippen molar-refractivity contribution >= 4 is 0 Å². The van der Waals surface area contributed by atoms with Crippen LogP contribution in [-0.4, -0.2) is 21.9 Å². The van der Waals surface area contributed by atoms with E-state index >= 15 is 0 Å². The first kappa shape index (κ1) is 14.3. The number of rotatable bonds is 0. The number of aliphatic hydroxyl groups excluding tert-OH is 1. The highest BCUT2D eigenvalue weighted by atomic mass is 16.3. The molecule has 118 valence electrons. The van der Waals surface area contributed by atoms with E-state index in [0.29, 0.717) is 5.92 Å². The summed E-state index contributed by atoms with van der Waals surface area (Å²) in [5.41, 5.74) is 1.23. The summed E-state index contributed by atoms with van der Waals surface area (Å²) in [7, 11) is 0. The molecule has 4 rings (SSSR count). The second kappa shape index (κ2) is 4.58. The van der Waals surface area contributed by atoms with E-state index in [9.17, 15) is 10.2 Å². The SMILES string of the molecule is CC1(O)CCC2C3CC=C4CC(O)CCC4C3CCC21C. The molecule has 3 saturated carbocycles. The van der Waals surface area contributed by atoms with Gasteiger partial charge in [-0.05, 0) is 87.4 Å². The Labute approximate surface area is 128 Å². The summed E-state index contributed by atoms with van der Waals surface area (Å²) in [5, 5.41) is 20.8. The molecule has 2 heteroatoms. The number of aliphatic hydroxyl groups is 2. The fourth-order valence-electron chi connectivity index (χ4n) is 6.49. The molecule has 0 heterocycles. The number of hydrogen-bond acceptors (Lipinski definition) is 2. The Balaban J connectivity index is 1.63. The minimum Gasteiger partial charge on any atom is -0.393 e. The predicted molar refractivity (Wildman–Crippen MR) is 83.7 cm³/mol. The zero-order chi connectivity index (χ0) is 14.8. The molecule has 0 radical (unpaired) electrons. The van der Waals surface area contributed by atoms with Crippen LogP contribution in [0, 0.1) is 29.1 Å². The van der Waals surface area contributed by atoms with Crippen molar-refractivity contribution < 1.29 is 10.2 Å². The van der Waals surface area contributed by atoms with Gasteiger partial charge in [-0.3, -0.25) is 0 Å². The summed E-state index contributed by atoms with van der Waals surface area (Å²) >= 11 is 0. The quantitative estimate of drug-likeness (QED) is 0.668. The van der Waals surface area contributed by atoms with Crippen LogP contribution in [-0.2, 0) is 0 Å². The monoisotopic (exact) mass is 290 g/mol. The minimum atomic E-state index is -0.463. The molecule has 0 aromatic heterocycles. The predicted octanol–water partition coefficient (Wildman–Crippen LogP) is 3.67. The Bertz CT molecular complexity index is 466. The van der Waals surface area contributed by atoms with Crippen molar-refractivity contribution in [3.05, 3.63) is 11.6 Å². The van der Waals surface area contributed by atoms with Gasteiger partial charge in [0.15, 0.2) is 0 Å².